The molecule has 1 fully saturated rings. The van der Waals surface area contributed by atoms with Crippen LogP contribution in [-0.4, -0.2) is 12.5 Å². The average Bonchev–Trinajstić information content (AvgIpc) is 2.81. The van der Waals surface area contributed by atoms with E-state index in [1.807, 2.05) is 0 Å². The molecule has 0 bridgehead atoms. The SMILES string of the molecule is CCCCCCCCCCCCNC(=O)CC1CCCCCC1. The lowest BCUT2D eigenvalue weighted by Crippen LogP contribution is -2.26. The smallest absolute Gasteiger partial charge is 0.220 e. The van der Waals surface area contributed by atoms with Gasteiger partial charge < -0.3 is 5.32 Å². The molecule has 2 nitrogen and oxygen atoms in total. The molecule has 1 amide bonds. The fourth-order valence-electron chi connectivity index (χ4n) is 3.74. The summed E-state index contributed by atoms with van der Waals surface area (Å²) in [4.78, 5) is 12.0. The first-order chi connectivity index (χ1) is 11.3. The monoisotopic (exact) mass is 323 g/mol. The quantitative estimate of drug-likeness (QED) is 0.309. The molecule has 0 spiro atoms. The van der Waals surface area contributed by atoms with Crippen LogP contribution in [0, 0.1) is 5.92 Å². The standard InChI is InChI=1S/C21H41NO/c1-2-3-4-5-6-7-8-9-12-15-18-22-21(23)19-20-16-13-10-11-14-17-20/h20H,2-19H2,1H3,(H,22,23). The van der Waals surface area contributed by atoms with Gasteiger partial charge in [0.15, 0.2) is 0 Å². The molecule has 0 radical (unpaired) electrons. The lowest BCUT2D eigenvalue weighted by atomic mass is 9.96. The van der Waals surface area contributed by atoms with E-state index in [4.69, 9.17) is 0 Å². The Bertz CT molecular complexity index is 269. The predicted molar refractivity (Wildman–Crippen MR) is 101 cm³/mol. The lowest BCUT2D eigenvalue weighted by molar-refractivity contribution is -0.122. The molecule has 0 saturated heterocycles. The Kier molecular flexibility index (Phi) is 13.4. The molecule has 0 aliphatic heterocycles. The Balaban J connectivity index is 1.83. The number of hydrogen-bond donors (Lipinski definition) is 1. The number of carbonyl (C=O) groups excluding carboxylic acids is 1. The molecule has 0 atom stereocenters. The minimum atomic E-state index is 0.299. The largest absolute Gasteiger partial charge is 0.356 e. The molecule has 0 heterocycles. The maximum absolute atomic E-state index is 12.0. The summed E-state index contributed by atoms with van der Waals surface area (Å²) in [5, 5.41) is 3.14. The zero-order chi connectivity index (χ0) is 16.6. The van der Waals surface area contributed by atoms with Gasteiger partial charge in [0.25, 0.3) is 0 Å². The van der Waals surface area contributed by atoms with E-state index in [-0.39, 0.29) is 0 Å². The summed E-state index contributed by atoms with van der Waals surface area (Å²) in [6.45, 7) is 3.16. The van der Waals surface area contributed by atoms with Crippen LogP contribution in [0.2, 0.25) is 0 Å². The van der Waals surface area contributed by atoms with Gasteiger partial charge in [-0.2, -0.15) is 0 Å². The summed E-state index contributed by atoms with van der Waals surface area (Å²) in [5.74, 6) is 0.957. The molecule has 23 heavy (non-hydrogen) atoms. The molecule has 1 aliphatic carbocycles. The number of carbonyl (C=O) groups is 1. The maximum atomic E-state index is 12.0. The van der Waals surface area contributed by atoms with Crippen LogP contribution in [0.1, 0.15) is 116 Å². The van der Waals surface area contributed by atoms with Gasteiger partial charge in [-0.3, -0.25) is 4.79 Å². The number of rotatable bonds is 13. The zero-order valence-corrected chi connectivity index (χ0v) is 15.7. The summed E-state index contributed by atoms with van der Waals surface area (Å²) in [6.07, 6.45) is 22.3. The van der Waals surface area contributed by atoms with Gasteiger partial charge in [-0.25, -0.2) is 0 Å². The van der Waals surface area contributed by atoms with Crippen molar-refractivity contribution in [1.29, 1.82) is 0 Å². The first kappa shape index (κ1) is 20.5. The first-order valence-electron chi connectivity index (χ1n) is 10.6. The van der Waals surface area contributed by atoms with Crippen molar-refractivity contribution in [2.75, 3.05) is 6.54 Å². The third-order valence-electron chi connectivity index (χ3n) is 5.30. The molecule has 2 heteroatoms. The molecular formula is C21H41NO. The van der Waals surface area contributed by atoms with Crippen LogP contribution in [0.4, 0.5) is 0 Å². The Morgan fingerprint density at radius 1 is 0.783 bits per heavy atom. The van der Waals surface area contributed by atoms with Gasteiger partial charge >= 0.3 is 0 Å². The minimum Gasteiger partial charge on any atom is -0.356 e. The fraction of sp³-hybridized carbons (Fsp3) is 0.952. The highest BCUT2D eigenvalue weighted by atomic mass is 16.1. The van der Waals surface area contributed by atoms with E-state index in [1.165, 1.54) is 96.3 Å². The first-order valence-corrected chi connectivity index (χ1v) is 10.6. The molecule has 1 aliphatic rings. The number of hydrogen-bond acceptors (Lipinski definition) is 1. The highest BCUT2D eigenvalue weighted by Gasteiger charge is 2.15. The summed E-state index contributed by atoms with van der Waals surface area (Å²) >= 11 is 0. The van der Waals surface area contributed by atoms with E-state index in [1.54, 1.807) is 0 Å². The Morgan fingerprint density at radius 3 is 1.87 bits per heavy atom. The topological polar surface area (TPSA) is 29.1 Å². The van der Waals surface area contributed by atoms with Crippen LogP contribution < -0.4 is 5.32 Å². The van der Waals surface area contributed by atoms with Gasteiger partial charge in [0.1, 0.15) is 0 Å². The summed E-state index contributed by atoms with van der Waals surface area (Å²) < 4.78 is 0. The minimum absolute atomic E-state index is 0.299. The summed E-state index contributed by atoms with van der Waals surface area (Å²) in [5.41, 5.74) is 0. The van der Waals surface area contributed by atoms with Crippen molar-refractivity contribution >= 4 is 5.91 Å². The van der Waals surface area contributed by atoms with Crippen molar-refractivity contribution in [3.63, 3.8) is 0 Å². The zero-order valence-electron chi connectivity index (χ0n) is 15.7. The molecule has 136 valence electrons. The number of amides is 1. The molecule has 1 N–H and O–H groups in total. The molecule has 0 aromatic carbocycles. The molecule has 0 aromatic heterocycles. The summed E-state index contributed by atoms with van der Waals surface area (Å²) in [7, 11) is 0. The number of nitrogens with one attached hydrogen (secondary N) is 1. The highest BCUT2D eigenvalue weighted by Crippen LogP contribution is 2.25. The van der Waals surface area contributed by atoms with Crippen LogP contribution >= 0.6 is 0 Å². The van der Waals surface area contributed by atoms with Crippen molar-refractivity contribution < 1.29 is 4.79 Å². The third kappa shape index (κ3) is 12.5. The predicted octanol–water partition coefficient (Wildman–Crippen LogP) is 6.38. The van der Waals surface area contributed by atoms with E-state index in [9.17, 15) is 4.79 Å². The summed E-state index contributed by atoms with van der Waals surface area (Å²) in [6, 6.07) is 0. The van der Waals surface area contributed by atoms with Gasteiger partial charge in [0.05, 0.1) is 0 Å². The van der Waals surface area contributed by atoms with Crippen molar-refractivity contribution in [1.82, 2.24) is 5.32 Å². The van der Waals surface area contributed by atoms with Crippen molar-refractivity contribution in [2.24, 2.45) is 5.92 Å². The van der Waals surface area contributed by atoms with Crippen LogP contribution in [0.25, 0.3) is 0 Å². The van der Waals surface area contributed by atoms with Crippen LogP contribution in [0.3, 0.4) is 0 Å². The normalized spacial score (nSPS) is 16.2. The maximum Gasteiger partial charge on any atom is 0.220 e. The van der Waals surface area contributed by atoms with Crippen LogP contribution in [0.5, 0.6) is 0 Å². The van der Waals surface area contributed by atoms with Gasteiger partial charge in [-0.1, -0.05) is 90.4 Å². The second kappa shape index (κ2) is 15.0. The van der Waals surface area contributed by atoms with E-state index in [0.29, 0.717) is 11.8 Å². The van der Waals surface area contributed by atoms with Crippen LogP contribution in [-0.2, 0) is 4.79 Å². The van der Waals surface area contributed by atoms with E-state index < -0.39 is 0 Å². The third-order valence-corrected chi connectivity index (χ3v) is 5.30. The molecule has 0 unspecified atom stereocenters. The van der Waals surface area contributed by atoms with Crippen molar-refractivity contribution in [2.45, 2.75) is 116 Å². The van der Waals surface area contributed by atoms with Crippen LogP contribution in [0.15, 0.2) is 0 Å². The average molecular weight is 324 g/mol. The number of unbranched alkanes of at least 4 members (excludes halogenated alkanes) is 9. The van der Waals surface area contributed by atoms with Gasteiger partial charge in [-0.15, -0.1) is 0 Å². The second-order valence-electron chi connectivity index (χ2n) is 7.59. The highest BCUT2D eigenvalue weighted by molar-refractivity contribution is 5.76. The molecule has 0 aromatic rings. The van der Waals surface area contributed by atoms with Gasteiger partial charge in [0, 0.05) is 13.0 Å². The molecule has 1 saturated carbocycles. The lowest BCUT2D eigenvalue weighted by Gasteiger charge is -2.13. The second-order valence-corrected chi connectivity index (χ2v) is 7.59. The van der Waals surface area contributed by atoms with E-state index in [2.05, 4.69) is 12.2 Å². The molecule has 1 rings (SSSR count). The van der Waals surface area contributed by atoms with Crippen molar-refractivity contribution in [3.8, 4) is 0 Å². The Labute approximate surface area is 145 Å². The van der Waals surface area contributed by atoms with E-state index in [0.717, 1.165) is 19.4 Å². The fourth-order valence-corrected chi connectivity index (χ4v) is 3.74. The molecular weight excluding hydrogens is 282 g/mol. The van der Waals surface area contributed by atoms with Gasteiger partial charge in [-0.05, 0) is 25.2 Å². The Hall–Kier alpha value is -0.530. The Morgan fingerprint density at radius 2 is 1.30 bits per heavy atom. The van der Waals surface area contributed by atoms with E-state index >= 15 is 0 Å². The van der Waals surface area contributed by atoms with Crippen molar-refractivity contribution in [3.05, 3.63) is 0 Å². The van der Waals surface area contributed by atoms with Gasteiger partial charge in [0.2, 0.25) is 5.91 Å².